The molecular formula is C18H21N5O. The predicted octanol–water partition coefficient (Wildman–Crippen LogP) is 2.03. The topological polar surface area (TPSA) is 62.2 Å². The molecule has 4 heterocycles. The van der Waals surface area contributed by atoms with Crippen LogP contribution in [-0.4, -0.2) is 44.4 Å². The highest BCUT2D eigenvalue weighted by Gasteiger charge is 2.46. The standard InChI is InChI=1S/C18H21N5O/c24-16-2-5-18(23(16)14-15-3-10-19-11-4-15)6-12-22(13-7-18)17-20-8-1-9-21-17/h1,3-4,8-11H,2,5-7,12-14H2. The van der Waals surface area contributed by atoms with Crippen molar-refractivity contribution in [2.24, 2.45) is 0 Å². The Bertz CT molecular complexity index is 698. The van der Waals surface area contributed by atoms with E-state index in [9.17, 15) is 4.79 Å². The van der Waals surface area contributed by atoms with E-state index in [-0.39, 0.29) is 11.4 Å². The molecule has 2 fully saturated rings. The van der Waals surface area contributed by atoms with Crippen LogP contribution in [0, 0.1) is 0 Å². The van der Waals surface area contributed by atoms with Crippen molar-refractivity contribution < 1.29 is 4.79 Å². The minimum atomic E-state index is -0.00830. The number of hydrogen-bond acceptors (Lipinski definition) is 5. The maximum Gasteiger partial charge on any atom is 0.225 e. The Morgan fingerprint density at radius 1 is 1.00 bits per heavy atom. The molecule has 2 aliphatic heterocycles. The van der Waals surface area contributed by atoms with Gasteiger partial charge in [-0.2, -0.15) is 0 Å². The summed E-state index contributed by atoms with van der Waals surface area (Å²) >= 11 is 0. The van der Waals surface area contributed by atoms with Crippen molar-refractivity contribution >= 4 is 11.9 Å². The molecule has 1 spiro atoms. The van der Waals surface area contributed by atoms with Gasteiger partial charge in [0.1, 0.15) is 0 Å². The Kier molecular flexibility index (Phi) is 3.88. The fourth-order valence-electron chi connectivity index (χ4n) is 3.90. The van der Waals surface area contributed by atoms with Crippen molar-refractivity contribution in [1.29, 1.82) is 0 Å². The Balaban J connectivity index is 1.49. The first-order valence-electron chi connectivity index (χ1n) is 8.48. The first kappa shape index (κ1) is 15.1. The van der Waals surface area contributed by atoms with Gasteiger partial charge in [0, 0.05) is 56.4 Å². The van der Waals surface area contributed by atoms with Gasteiger partial charge in [-0.1, -0.05) is 0 Å². The van der Waals surface area contributed by atoms with Gasteiger partial charge in [-0.15, -0.1) is 0 Å². The lowest BCUT2D eigenvalue weighted by Crippen LogP contribution is -2.53. The van der Waals surface area contributed by atoms with E-state index in [4.69, 9.17) is 0 Å². The molecule has 0 aliphatic carbocycles. The van der Waals surface area contributed by atoms with Gasteiger partial charge in [-0.05, 0) is 43.0 Å². The lowest BCUT2D eigenvalue weighted by Gasteiger charge is -2.45. The molecule has 2 aromatic heterocycles. The molecule has 2 aromatic rings. The van der Waals surface area contributed by atoms with E-state index in [1.54, 1.807) is 24.8 Å². The van der Waals surface area contributed by atoms with Gasteiger partial charge in [-0.25, -0.2) is 9.97 Å². The van der Waals surface area contributed by atoms with Crippen molar-refractivity contribution in [1.82, 2.24) is 19.9 Å². The van der Waals surface area contributed by atoms with Crippen molar-refractivity contribution in [2.75, 3.05) is 18.0 Å². The number of likely N-dealkylation sites (tertiary alicyclic amines) is 1. The van der Waals surface area contributed by atoms with E-state index < -0.39 is 0 Å². The highest BCUT2D eigenvalue weighted by atomic mass is 16.2. The second kappa shape index (κ2) is 6.19. The van der Waals surface area contributed by atoms with E-state index in [1.807, 2.05) is 18.2 Å². The van der Waals surface area contributed by atoms with E-state index >= 15 is 0 Å². The number of aromatic nitrogens is 3. The maximum absolute atomic E-state index is 12.5. The summed E-state index contributed by atoms with van der Waals surface area (Å²) < 4.78 is 0. The zero-order valence-electron chi connectivity index (χ0n) is 13.6. The Morgan fingerprint density at radius 2 is 1.71 bits per heavy atom. The van der Waals surface area contributed by atoms with Crippen LogP contribution in [0.5, 0.6) is 0 Å². The van der Waals surface area contributed by atoms with Gasteiger partial charge in [0.05, 0.1) is 0 Å². The number of hydrogen-bond donors (Lipinski definition) is 0. The largest absolute Gasteiger partial charge is 0.341 e. The third-order valence-electron chi connectivity index (χ3n) is 5.30. The molecule has 0 saturated carbocycles. The molecule has 2 aliphatic rings. The zero-order chi connectivity index (χ0) is 16.4. The molecule has 6 nitrogen and oxygen atoms in total. The summed E-state index contributed by atoms with van der Waals surface area (Å²) in [6, 6.07) is 5.82. The number of piperidine rings is 1. The van der Waals surface area contributed by atoms with Gasteiger partial charge in [-0.3, -0.25) is 9.78 Å². The van der Waals surface area contributed by atoms with Crippen LogP contribution >= 0.6 is 0 Å². The molecule has 0 unspecified atom stereocenters. The summed E-state index contributed by atoms with van der Waals surface area (Å²) in [6.45, 7) is 2.47. The van der Waals surface area contributed by atoms with Crippen molar-refractivity contribution in [3.63, 3.8) is 0 Å². The van der Waals surface area contributed by atoms with Crippen LogP contribution in [0.25, 0.3) is 0 Å². The van der Waals surface area contributed by atoms with Gasteiger partial charge in [0.2, 0.25) is 11.9 Å². The number of anilines is 1. The normalized spacial score (nSPS) is 19.9. The quantitative estimate of drug-likeness (QED) is 0.865. The Hall–Kier alpha value is -2.50. The molecule has 0 radical (unpaired) electrons. The zero-order valence-corrected chi connectivity index (χ0v) is 13.6. The lowest BCUT2D eigenvalue weighted by molar-refractivity contribution is -0.132. The maximum atomic E-state index is 12.5. The van der Waals surface area contributed by atoms with Crippen LogP contribution in [-0.2, 0) is 11.3 Å². The van der Waals surface area contributed by atoms with E-state index in [1.165, 1.54) is 0 Å². The molecule has 24 heavy (non-hydrogen) atoms. The number of pyridine rings is 1. The van der Waals surface area contributed by atoms with Gasteiger partial charge in [0.15, 0.2) is 0 Å². The van der Waals surface area contributed by atoms with Gasteiger partial charge < -0.3 is 9.80 Å². The number of amides is 1. The van der Waals surface area contributed by atoms with Crippen LogP contribution in [0.3, 0.4) is 0 Å². The molecule has 0 bridgehead atoms. The minimum absolute atomic E-state index is 0.00830. The Labute approximate surface area is 141 Å². The fraction of sp³-hybridized carbons (Fsp3) is 0.444. The lowest BCUT2D eigenvalue weighted by atomic mass is 9.85. The number of carbonyl (C=O) groups is 1. The molecule has 6 heteroatoms. The van der Waals surface area contributed by atoms with E-state index in [0.29, 0.717) is 13.0 Å². The van der Waals surface area contributed by atoms with Crippen molar-refractivity contribution in [2.45, 2.75) is 37.8 Å². The first-order chi connectivity index (χ1) is 11.8. The van der Waals surface area contributed by atoms with Crippen molar-refractivity contribution in [3.8, 4) is 0 Å². The minimum Gasteiger partial charge on any atom is -0.341 e. The monoisotopic (exact) mass is 323 g/mol. The van der Waals surface area contributed by atoms with Crippen LogP contribution in [0.15, 0.2) is 43.0 Å². The Morgan fingerprint density at radius 3 is 2.42 bits per heavy atom. The molecule has 124 valence electrons. The first-order valence-corrected chi connectivity index (χ1v) is 8.48. The summed E-state index contributed by atoms with van der Waals surface area (Å²) in [5.74, 6) is 1.06. The fourth-order valence-corrected chi connectivity index (χ4v) is 3.90. The van der Waals surface area contributed by atoms with Crippen molar-refractivity contribution in [3.05, 3.63) is 48.5 Å². The van der Waals surface area contributed by atoms with Crippen LogP contribution in [0.4, 0.5) is 5.95 Å². The molecule has 0 aromatic carbocycles. The smallest absolute Gasteiger partial charge is 0.225 e. The highest BCUT2D eigenvalue weighted by molar-refractivity contribution is 5.79. The SMILES string of the molecule is O=C1CCC2(CCN(c3ncccn3)CC2)N1Cc1ccncc1. The molecular weight excluding hydrogens is 302 g/mol. The molecule has 0 N–H and O–H groups in total. The van der Waals surface area contributed by atoms with Crippen LogP contribution in [0.2, 0.25) is 0 Å². The van der Waals surface area contributed by atoms with Gasteiger partial charge >= 0.3 is 0 Å². The summed E-state index contributed by atoms with van der Waals surface area (Å²) in [6.07, 6.45) is 10.7. The second-order valence-electron chi connectivity index (χ2n) is 6.60. The average Bonchev–Trinajstić information content (AvgIpc) is 2.94. The number of rotatable bonds is 3. The number of carbonyl (C=O) groups excluding carboxylic acids is 1. The summed E-state index contributed by atoms with van der Waals surface area (Å²) in [5.41, 5.74) is 1.14. The van der Waals surface area contributed by atoms with Gasteiger partial charge in [0.25, 0.3) is 0 Å². The summed E-state index contributed by atoms with van der Waals surface area (Å²) in [4.78, 5) is 29.6. The highest BCUT2D eigenvalue weighted by Crippen LogP contribution is 2.40. The predicted molar refractivity (Wildman–Crippen MR) is 90.2 cm³/mol. The van der Waals surface area contributed by atoms with Crippen LogP contribution < -0.4 is 4.90 Å². The van der Waals surface area contributed by atoms with E-state index in [2.05, 4.69) is 24.8 Å². The average molecular weight is 323 g/mol. The molecule has 2 saturated heterocycles. The molecule has 4 rings (SSSR count). The summed E-state index contributed by atoms with van der Waals surface area (Å²) in [5, 5.41) is 0. The van der Waals surface area contributed by atoms with Crippen LogP contribution in [0.1, 0.15) is 31.2 Å². The third kappa shape index (κ3) is 2.72. The molecule has 0 atom stereocenters. The summed E-state index contributed by atoms with van der Waals surface area (Å²) in [7, 11) is 0. The molecule has 1 amide bonds. The second-order valence-corrected chi connectivity index (χ2v) is 6.60. The third-order valence-corrected chi connectivity index (χ3v) is 5.30. The van der Waals surface area contributed by atoms with E-state index in [0.717, 1.165) is 43.9 Å². The number of nitrogens with zero attached hydrogens (tertiary/aromatic N) is 5.